The fraction of sp³-hybridized carbons (Fsp3) is 0.550. The quantitative estimate of drug-likeness (QED) is 0.563. The smallest absolute Gasteiger partial charge is 0.148 e. The van der Waals surface area contributed by atoms with Crippen LogP contribution in [-0.2, 0) is 0 Å². The zero-order chi connectivity index (χ0) is 19.0. The topological polar surface area (TPSA) is 41.9 Å². The Labute approximate surface area is 175 Å². The molecule has 0 radical (unpaired) electrons. The van der Waals surface area contributed by atoms with Crippen LogP contribution >= 0.6 is 35.0 Å². The summed E-state index contributed by atoms with van der Waals surface area (Å²) in [5.41, 5.74) is 1.49. The average molecular weight is 423 g/mol. The largest absolute Gasteiger partial charge is 0.355 e. The van der Waals surface area contributed by atoms with Gasteiger partial charge in [0.25, 0.3) is 0 Å². The lowest BCUT2D eigenvalue weighted by Gasteiger charge is -2.42. The van der Waals surface area contributed by atoms with Gasteiger partial charge in [-0.05, 0) is 43.6 Å². The number of aryl methyl sites for hydroxylation is 1. The van der Waals surface area contributed by atoms with Crippen molar-refractivity contribution in [3.8, 4) is 0 Å². The van der Waals surface area contributed by atoms with E-state index in [2.05, 4.69) is 21.8 Å². The lowest BCUT2D eigenvalue weighted by molar-refractivity contribution is 0.161. The maximum Gasteiger partial charge on any atom is 0.148 e. The first-order valence-corrected chi connectivity index (χ1v) is 11.1. The lowest BCUT2D eigenvalue weighted by Crippen LogP contribution is -2.41. The van der Waals surface area contributed by atoms with Gasteiger partial charge in [0.15, 0.2) is 0 Å². The van der Waals surface area contributed by atoms with Crippen LogP contribution in [0, 0.1) is 18.3 Å². The molecule has 0 bridgehead atoms. The first-order valence-electron chi connectivity index (χ1n) is 9.55. The Kier molecular flexibility index (Phi) is 5.55. The van der Waals surface area contributed by atoms with E-state index in [1.54, 1.807) is 6.20 Å². The Morgan fingerprint density at radius 3 is 2.63 bits per heavy atom. The van der Waals surface area contributed by atoms with Gasteiger partial charge in [-0.25, -0.2) is 15.0 Å². The van der Waals surface area contributed by atoms with Crippen LogP contribution in [0.3, 0.4) is 0 Å². The zero-order valence-corrected chi connectivity index (χ0v) is 18.0. The number of aromatic nitrogens is 3. The molecule has 1 aliphatic heterocycles. The van der Waals surface area contributed by atoms with Crippen molar-refractivity contribution in [3.63, 3.8) is 0 Å². The van der Waals surface area contributed by atoms with Crippen molar-refractivity contribution in [1.29, 1.82) is 0 Å². The fourth-order valence-corrected chi connectivity index (χ4v) is 5.80. The molecule has 144 valence electrons. The van der Waals surface area contributed by atoms with Gasteiger partial charge in [-0.15, -0.1) is 0 Å². The highest BCUT2D eigenvalue weighted by Gasteiger charge is 2.42. The normalized spacial score (nSPS) is 21.8. The molecule has 1 atom stereocenters. The van der Waals surface area contributed by atoms with Crippen LogP contribution in [0.15, 0.2) is 28.4 Å². The third-order valence-corrected chi connectivity index (χ3v) is 8.38. The number of piperidine rings is 1. The molecule has 0 amide bonds. The summed E-state index contributed by atoms with van der Waals surface area (Å²) in [7, 11) is 0. The van der Waals surface area contributed by atoms with Gasteiger partial charge in [0.05, 0.1) is 16.9 Å². The van der Waals surface area contributed by atoms with Gasteiger partial charge in [-0.3, -0.25) is 0 Å². The molecule has 27 heavy (non-hydrogen) atoms. The number of nitrogens with zero attached hydrogens (tertiary/aromatic N) is 4. The number of hydrogen-bond donors (Lipinski definition) is 0. The Morgan fingerprint density at radius 1 is 1.19 bits per heavy atom. The molecule has 2 aliphatic rings. The van der Waals surface area contributed by atoms with E-state index in [4.69, 9.17) is 28.2 Å². The van der Waals surface area contributed by atoms with Crippen LogP contribution in [0.2, 0.25) is 10.2 Å². The number of hydrogen-bond acceptors (Lipinski definition) is 5. The number of halogens is 2. The molecule has 0 N–H and O–H groups in total. The van der Waals surface area contributed by atoms with E-state index < -0.39 is 0 Å². The number of pyridine rings is 1. The van der Waals surface area contributed by atoms with Crippen LogP contribution in [0.5, 0.6) is 0 Å². The van der Waals surface area contributed by atoms with E-state index in [-0.39, 0.29) is 0 Å². The summed E-state index contributed by atoms with van der Waals surface area (Å²) >= 11 is 13.7. The summed E-state index contributed by atoms with van der Waals surface area (Å²) in [5, 5.41) is 1.62. The lowest BCUT2D eigenvalue weighted by atomic mass is 9.71. The monoisotopic (exact) mass is 422 g/mol. The minimum absolute atomic E-state index is 0.312. The van der Waals surface area contributed by atoms with Crippen LogP contribution in [0.4, 0.5) is 5.82 Å². The molecule has 1 aliphatic carbocycles. The molecule has 2 aromatic heterocycles. The highest BCUT2D eigenvalue weighted by Crippen LogP contribution is 2.50. The third-order valence-electron chi connectivity index (χ3n) is 6.35. The molecule has 1 saturated carbocycles. The first kappa shape index (κ1) is 19.3. The van der Waals surface area contributed by atoms with Gasteiger partial charge >= 0.3 is 0 Å². The molecular formula is C20H24Cl2N4S. The molecule has 4 rings (SSSR count). The van der Waals surface area contributed by atoms with Crippen molar-refractivity contribution >= 4 is 40.8 Å². The molecule has 1 spiro atoms. The maximum absolute atomic E-state index is 6.25. The predicted molar refractivity (Wildman–Crippen MR) is 112 cm³/mol. The van der Waals surface area contributed by atoms with Gasteiger partial charge in [-0.1, -0.05) is 54.7 Å². The standard InChI is InChI=1S/C20H24Cl2N4S/c1-13-4-3-6-20(13)7-10-26(11-8-20)16-12-24-19(14(2)25-16)27-15-5-9-23-18(22)17(15)21/h5,9,12-13H,3-4,6-8,10-11H2,1-2H3/t13-/m1/s1. The highest BCUT2D eigenvalue weighted by atomic mass is 35.5. The molecular weight excluding hydrogens is 399 g/mol. The minimum atomic E-state index is 0.312. The second-order valence-electron chi connectivity index (χ2n) is 7.78. The predicted octanol–water partition coefficient (Wildman–Crippen LogP) is 6.04. The van der Waals surface area contributed by atoms with Crippen LogP contribution in [0.25, 0.3) is 0 Å². The van der Waals surface area contributed by atoms with Gasteiger partial charge in [0, 0.05) is 24.2 Å². The SMILES string of the molecule is Cc1nc(N2CCC3(CCC[C@H]3C)CC2)cnc1Sc1ccnc(Cl)c1Cl. The summed E-state index contributed by atoms with van der Waals surface area (Å²) in [4.78, 5) is 16.7. The summed E-state index contributed by atoms with van der Waals surface area (Å²) in [6, 6.07) is 1.85. The fourth-order valence-electron chi connectivity index (χ4n) is 4.53. The third kappa shape index (κ3) is 3.79. The maximum atomic E-state index is 6.25. The summed E-state index contributed by atoms with van der Waals surface area (Å²) in [6.07, 6.45) is 10.3. The molecule has 3 heterocycles. The van der Waals surface area contributed by atoms with Crippen LogP contribution < -0.4 is 4.90 Å². The first-order chi connectivity index (χ1) is 13.0. The summed E-state index contributed by atoms with van der Waals surface area (Å²) < 4.78 is 0. The van der Waals surface area contributed by atoms with Crippen molar-refractivity contribution in [3.05, 3.63) is 34.3 Å². The van der Waals surface area contributed by atoms with Crippen molar-refractivity contribution in [1.82, 2.24) is 15.0 Å². The van der Waals surface area contributed by atoms with Crippen LogP contribution in [0.1, 0.15) is 44.7 Å². The molecule has 7 heteroatoms. The van der Waals surface area contributed by atoms with Crippen molar-refractivity contribution in [2.24, 2.45) is 11.3 Å². The van der Waals surface area contributed by atoms with E-state index in [9.17, 15) is 0 Å². The van der Waals surface area contributed by atoms with Gasteiger partial charge in [-0.2, -0.15) is 0 Å². The van der Waals surface area contributed by atoms with Crippen molar-refractivity contribution < 1.29 is 0 Å². The van der Waals surface area contributed by atoms with E-state index in [0.29, 0.717) is 15.6 Å². The van der Waals surface area contributed by atoms with Gasteiger partial charge in [0.1, 0.15) is 16.0 Å². The average Bonchev–Trinajstić information content (AvgIpc) is 3.01. The Morgan fingerprint density at radius 2 is 1.96 bits per heavy atom. The molecule has 0 unspecified atom stereocenters. The number of rotatable bonds is 3. The Balaban J connectivity index is 1.47. The van der Waals surface area contributed by atoms with Crippen molar-refractivity contribution in [2.45, 2.75) is 55.9 Å². The Hall–Kier alpha value is -1.04. The number of anilines is 1. The summed E-state index contributed by atoms with van der Waals surface area (Å²) in [5.74, 6) is 1.85. The second-order valence-corrected chi connectivity index (χ2v) is 9.54. The molecule has 1 saturated heterocycles. The zero-order valence-electron chi connectivity index (χ0n) is 15.7. The molecule has 2 fully saturated rings. The Bertz CT molecular complexity index is 837. The van der Waals surface area contributed by atoms with E-state index in [0.717, 1.165) is 40.4 Å². The van der Waals surface area contributed by atoms with Gasteiger partial charge < -0.3 is 4.90 Å². The van der Waals surface area contributed by atoms with Crippen LogP contribution in [-0.4, -0.2) is 28.0 Å². The second kappa shape index (κ2) is 7.76. The van der Waals surface area contributed by atoms with E-state index in [1.165, 1.54) is 43.9 Å². The van der Waals surface area contributed by atoms with E-state index in [1.807, 2.05) is 19.2 Å². The minimum Gasteiger partial charge on any atom is -0.355 e. The molecule has 2 aromatic rings. The van der Waals surface area contributed by atoms with Crippen molar-refractivity contribution in [2.75, 3.05) is 18.0 Å². The van der Waals surface area contributed by atoms with E-state index >= 15 is 0 Å². The van der Waals surface area contributed by atoms with Gasteiger partial charge in [0.2, 0.25) is 0 Å². The molecule has 4 nitrogen and oxygen atoms in total. The summed E-state index contributed by atoms with van der Waals surface area (Å²) in [6.45, 7) is 6.60. The molecule has 0 aromatic carbocycles. The highest BCUT2D eigenvalue weighted by molar-refractivity contribution is 7.99.